The van der Waals surface area contributed by atoms with E-state index in [0.717, 1.165) is 44.6 Å². The predicted molar refractivity (Wildman–Crippen MR) is 147 cm³/mol. The van der Waals surface area contributed by atoms with E-state index in [-0.39, 0.29) is 40.8 Å². The first-order chi connectivity index (χ1) is 16.0. The zero-order valence-electron chi connectivity index (χ0n) is 20.2. The van der Waals surface area contributed by atoms with Crippen molar-refractivity contribution in [2.45, 2.75) is 36.6 Å². The summed E-state index contributed by atoms with van der Waals surface area (Å²) in [6, 6.07) is 6.04. The molecule has 2 heterocycles. The molecule has 3 aromatic rings. The molecule has 0 radical (unpaired) electrons. The molecule has 2 aromatic heterocycles. The highest BCUT2D eigenvalue weighted by Gasteiger charge is 2.25. The third-order valence-electron chi connectivity index (χ3n) is 6.21. The van der Waals surface area contributed by atoms with Crippen LogP contribution in [0.4, 0.5) is 10.1 Å². The molecular weight excluding hydrogens is 550 g/mol. The second-order valence-corrected chi connectivity index (χ2v) is 11.6. The second-order valence-electron chi connectivity index (χ2n) is 9.25. The first-order valence-electron chi connectivity index (χ1n) is 11.1. The minimum Gasteiger partial charge on any atom is -0.504 e. The molecule has 0 unspecified atom stereocenters. The molecule has 0 saturated heterocycles. The molecule has 0 aliphatic heterocycles. The van der Waals surface area contributed by atoms with Gasteiger partial charge in [0.1, 0.15) is 10.4 Å². The Balaban J connectivity index is 0.00000228. The van der Waals surface area contributed by atoms with E-state index in [1.54, 1.807) is 12.1 Å². The fraction of sp³-hybridized carbons (Fsp3) is 0.417. The molecule has 1 saturated carbocycles. The molecule has 0 atom stereocenters. The van der Waals surface area contributed by atoms with Gasteiger partial charge in [0.05, 0.1) is 21.9 Å². The van der Waals surface area contributed by atoms with Gasteiger partial charge in [0.15, 0.2) is 21.4 Å². The van der Waals surface area contributed by atoms with Crippen LogP contribution < -0.4 is 5.32 Å². The molecule has 2 N–H and O–H groups in total. The predicted octanol–water partition coefficient (Wildman–Crippen LogP) is 5.57. The number of phenols is 1. The summed E-state index contributed by atoms with van der Waals surface area (Å²) in [6.45, 7) is 1.04. The highest BCUT2D eigenvalue weighted by Crippen LogP contribution is 2.36. The Labute approximate surface area is 228 Å². The van der Waals surface area contributed by atoms with E-state index in [9.17, 15) is 17.9 Å². The van der Waals surface area contributed by atoms with Crippen LogP contribution in [-0.2, 0) is 9.84 Å². The molecule has 1 aliphatic rings. The average molecular weight is 580 g/mol. The molecule has 0 amide bonds. The Morgan fingerprint density at radius 2 is 1.83 bits per heavy atom. The minimum atomic E-state index is -3.58. The molecule has 0 bridgehead atoms. The van der Waals surface area contributed by atoms with Crippen LogP contribution in [0.15, 0.2) is 35.4 Å². The lowest BCUT2D eigenvalue weighted by Crippen LogP contribution is -2.31. The van der Waals surface area contributed by atoms with Gasteiger partial charge in [-0.15, -0.1) is 24.8 Å². The number of phenolic OH excluding ortho intramolecular Hbond substituents is 1. The summed E-state index contributed by atoms with van der Waals surface area (Å²) < 4.78 is 39.3. The zero-order valence-corrected chi connectivity index (χ0v) is 23.4. The van der Waals surface area contributed by atoms with Crippen molar-refractivity contribution in [3.05, 3.63) is 41.3 Å². The standard InChI is InChI=1S/C24H28ClFN4O3S.2ClH/c1-30(2)13-14-4-6-16(7-5-14)28-23-21(34(3,32)33)12-27-20-9-8-19(29-22(20)23)15-10-17(25)24(31)18(26)11-15;;/h8-12,14,16,31H,4-7,13H2,1-3H3,(H,27,28);2*1H/t14-,16-;;. The maximum atomic E-state index is 14.1. The summed E-state index contributed by atoms with van der Waals surface area (Å²) in [5, 5.41) is 13.0. The summed E-state index contributed by atoms with van der Waals surface area (Å²) in [7, 11) is 0.559. The molecule has 4 rings (SSSR count). The van der Waals surface area contributed by atoms with Crippen LogP contribution >= 0.6 is 36.4 Å². The van der Waals surface area contributed by atoms with Gasteiger partial charge in [-0.05, 0) is 70.0 Å². The quantitative estimate of drug-likeness (QED) is 0.394. The van der Waals surface area contributed by atoms with Gasteiger partial charge in [-0.3, -0.25) is 4.98 Å². The van der Waals surface area contributed by atoms with E-state index in [1.165, 1.54) is 12.3 Å². The van der Waals surface area contributed by atoms with E-state index in [2.05, 4.69) is 34.3 Å². The SMILES string of the molecule is CN(C)C[C@H]1CC[C@H](Nc2c(S(C)(=O)=O)cnc3ccc(-c4cc(F)c(O)c(Cl)c4)nc23)CC1.Cl.Cl. The van der Waals surface area contributed by atoms with Crippen LogP contribution in [0, 0.1) is 11.7 Å². The van der Waals surface area contributed by atoms with Crippen molar-refractivity contribution in [3.63, 3.8) is 0 Å². The highest BCUT2D eigenvalue weighted by atomic mass is 35.5. The van der Waals surface area contributed by atoms with Crippen LogP contribution in [0.2, 0.25) is 5.02 Å². The van der Waals surface area contributed by atoms with Gasteiger partial charge < -0.3 is 15.3 Å². The third-order valence-corrected chi connectivity index (χ3v) is 7.61. The first kappa shape index (κ1) is 30.3. The monoisotopic (exact) mass is 578 g/mol. The number of sulfone groups is 1. The van der Waals surface area contributed by atoms with Crippen molar-refractivity contribution in [1.29, 1.82) is 0 Å². The Morgan fingerprint density at radius 1 is 1.17 bits per heavy atom. The number of anilines is 1. The van der Waals surface area contributed by atoms with E-state index in [4.69, 9.17) is 11.6 Å². The number of nitrogens with one attached hydrogen (secondary N) is 1. The number of nitrogens with zero attached hydrogens (tertiary/aromatic N) is 3. The number of aromatic nitrogens is 2. The minimum absolute atomic E-state index is 0. The van der Waals surface area contributed by atoms with E-state index >= 15 is 0 Å². The van der Waals surface area contributed by atoms with Gasteiger partial charge in [-0.1, -0.05) is 11.6 Å². The molecule has 36 heavy (non-hydrogen) atoms. The van der Waals surface area contributed by atoms with Gasteiger partial charge in [0, 0.05) is 30.6 Å². The Bertz CT molecular complexity index is 1310. The summed E-state index contributed by atoms with van der Waals surface area (Å²) in [6.07, 6.45) is 6.45. The van der Waals surface area contributed by atoms with Crippen molar-refractivity contribution in [2.75, 3.05) is 32.2 Å². The van der Waals surface area contributed by atoms with Gasteiger partial charge >= 0.3 is 0 Å². The molecule has 198 valence electrons. The van der Waals surface area contributed by atoms with Gasteiger partial charge in [0.25, 0.3) is 0 Å². The molecule has 1 aromatic carbocycles. The third kappa shape index (κ3) is 6.69. The summed E-state index contributed by atoms with van der Waals surface area (Å²) in [5.74, 6) is -0.866. The van der Waals surface area contributed by atoms with Crippen LogP contribution in [0.3, 0.4) is 0 Å². The van der Waals surface area contributed by atoms with Crippen molar-refractivity contribution in [2.24, 2.45) is 5.92 Å². The molecule has 7 nitrogen and oxygen atoms in total. The average Bonchev–Trinajstić information content (AvgIpc) is 2.77. The number of benzene rings is 1. The van der Waals surface area contributed by atoms with Crippen molar-refractivity contribution < 1.29 is 17.9 Å². The maximum Gasteiger partial charge on any atom is 0.179 e. The number of rotatable bonds is 6. The second kappa shape index (κ2) is 12.1. The van der Waals surface area contributed by atoms with E-state index in [0.29, 0.717) is 33.9 Å². The fourth-order valence-corrected chi connectivity index (χ4v) is 5.53. The topological polar surface area (TPSA) is 95.4 Å². The summed E-state index contributed by atoms with van der Waals surface area (Å²) >= 11 is 5.95. The lowest BCUT2D eigenvalue weighted by molar-refractivity contribution is 0.255. The molecular formula is C24H30Cl3FN4O3S. The number of aromatic hydroxyl groups is 1. The fourth-order valence-electron chi connectivity index (χ4n) is 4.55. The van der Waals surface area contributed by atoms with E-state index in [1.807, 2.05) is 0 Å². The maximum absolute atomic E-state index is 14.1. The largest absolute Gasteiger partial charge is 0.504 e. The highest BCUT2D eigenvalue weighted by molar-refractivity contribution is 7.90. The van der Waals surface area contributed by atoms with Crippen molar-refractivity contribution in [3.8, 4) is 17.0 Å². The summed E-state index contributed by atoms with van der Waals surface area (Å²) in [5.41, 5.74) is 2.07. The number of hydrogen-bond acceptors (Lipinski definition) is 7. The lowest BCUT2D eigenvalue weighted by atomic mass is 9.85. The Morgan fingerprint density at radius 3 is 2.42 bits per heavy atom. The van der Waals surface area contributed by atoms with Crippen LogP contribution in [0.5, 0.6) is 5.75 Å². The normalized spacial score (nSPS) is 17.9. The first-order valence-corrected chi connectivity index (χ1v) is 13.4. The Hall–Kier alpha value is -1.91. The molecule has 1 fully saturated rings. The zero-order chi connectivity index (χ0) is 24.6. The molecule has 12 heteroatoms. The number of halogens is 4. The molecule has 1 aliphatic carbocycles. The van der Waals surface area contributed by atoms with Crippen LogP contribution in [0.1, 0.15) is 25.7 Å². The number of hydrogen-bond donors (Lipinski definition) is 2. The summed E-state index contributed by atoms with van der Waals surface area (Å²) in [4.78, 5) is 11.2. The molecule has 0 spiro atoms. The van der Waals surface area contributed by atoms with Crippen LogP contribution in [-0.4, -0.2) is 61.3 Å². The Kier molecular flexibility index (Phi) is 10.2. The smallest absolute Gasteiger partial charge is 0.179 e. The van der Waals surface area contributed by atoms with Gasteiger partial charge in [-0.2, -0.15) is 0 Å². The van der Waals surface area contributed by atoms with E-state index < -0.39 is 21.4 Å². The number of pyridine rings is 2. The van der Waals surface area contributed by atoms with Gasteiger partial charge in [-0.25, -0.2) is 17.8 Å². The lowest BCUT2D eigenvalue weighted by Gasteiger charge is -2.31. The number of fused-ring (bicyclic) bond motifs is 1. The van der Waals surface area contributed by atoms with Gasteiger partial charge in [0.2, 0.25) is 0 Å². The van der Waals surface area contributed by atoms with Crippen molar-refractivity contribution >= 4 is 63.0 Å². The van der Waals surface area contributed by atoms with Crippen molar-refractivity contribution in [1.82, 2.24) is 14.9 Å². The van der Waals surface area contributed by atoms with Crippen LogP contribution in [0.25, 0.3) is 22.3 Å².